The third-order valence-electron chi connectivity index (χ3n) is 6.05. The van der Waals surface area contributed by atoms with Crippen LogP contribution in [0.1, 0.15) is 31.2 Å². The molecule has 3 rings (SSSR count). The number of halogens is 6. The fourth-order valence-corrected chi connectivity index (χ4v) is 4.36. The van der Waals surface area contributed by atoms with Gasteiger partial charge in [0.2, 0.25) is 5.91 Å². The van der Waals surface area contributed by atoms with Gasteiger partial charge in [-0.2, -0.15) is 26.3 Å². The van der Waals surface area contributed by atoms with Gasteiger partial charge in [-0.3, -0.25) is 4.79 Å². The van der Waals surface area contributed by atoms with E-state index < -0.39 is 47.5 Å². The molecule has 4 nitrogen and oxygen atoms in total. The normalized spacial score (nSPS) is 26.3. The monoisotopic (exact) mass is 476 g/mol. The van der Waals surface area contributed by atoms with Gasteiger partial charge in [-0.05, 0) is 24.5 Å². The van der Waals surface area contributed by atoms with Crippen molar-refractivity contribution in [2.45, 2.75) is 56.7 Å². The van der Waals surface area contributed by atoms with E-state index in [1.54, 1.807) is 0 Å². The second-order valence-electron chi connectivity index (χ2n) is 8.29. The van der Waals surface area contributed by atoms with Gasteiger partial charge < -0.3 is 15.4 Å². The lowest BCUT2D eigenvalue weighted by atomic mass is 9.81. The molecule has 1 saturated carbocycles. The van der Waals surface area contributed by atoms with E-state index in [2.05, 4.69) is 10.6 Å². The summed E-state index contributed by atoms with van der Waals surface area (Å²) in [6, 6.07) is 8.90. The molecule has 182 valence electrons. The Morgan fingerprint density at radius 3 is 2.24 bits per heavy atom. The fourth-order valence-electron chi connectivity index (χ4n) is 4.36. The Kier molecular flexibility index (Phi) is 7.76. The molecule has 0 bridgehead atoms. The summed E-state index contributed by atoms with van der Waals surface area (Å²) in [4.78, 5) is 13.0. The number of nitrogens with one attached hydrogen (secondary N) is 2. The molecule has 0 aliphatic heterocycles. The zero-order valence-corrected chi connectivity index (χ0v) is 18.0. The van der Waals surface area contributed by atoms with Gasteiger partial charge in [0.15, 0.2) is 0 Å². The molecule has 10 heteroatoms. The smallest absolute Gasteiger partial charge is 0.416 e. The van der Waals surface area contributed by atoms with Crippen LogP contribution < -0.4 is 10.6 Å². The highest BCUT2D eigenvalue weighted by atomic mass is 19.4. The van der Waals surface area contributed by atoms with E-state index in [0.29, 0.717) is 19.0 Å². The van der Waals surface area contributed by atoms with Gasteiger partial charge in [0, 0.05) is 18.6 Å². The molecule has 4 atom stereocenters. The van der Waals surface area contributed by atoms with Crippen LogP contribution in [-0.2, 0) is 16.1 Å². The molecule has 1 aromatic rings. The van der Waals surface area contributed by atoms with Crippen molar-refractivity contribution in [1.29, 1.82) is 0 Å². The number of rotatable bonds is 6. The largest absolute Gasteiger partial charge is 0.500 e. The summed E-state index contributed by atoms with van der Waals surface area (Å²) in [6.45, 7) is 0.521. The van der Waals surface area contributed by atoms with E-state index in [9.17, 15) is 31.1 Å². The lowest BCUT2D eigenvalue weighted by Gasteiger charge is -2.36. The summed E-state index contributed by atoms with van der Waals surface area (Å²) in [5.74, 6) is -6.23. The van der Waals surface area contributed by atoms with Crippen LogP contribution in [0.3, 0.4) is 0 Å². The van der Waals surface area contributed by atoms with Crippen molar-refractivity contribution in [3.05, 3.63) is 59.4 Å². The van der Waals surface area contributed by atoms with Gasteiger partial charge in [0.25, 0.3) is 0 Å². The maximum atomic E-state index is 13.7. The fraction of sp³-hybridized carbons (Fsp3) is 0.522. The minimum atomic E-state index is -5.06. The Morgan fingerprint density at radius 1 is 1.03 bits per heavy atom. The number of ether oxygens (including phenoxy) is 1. The number of methoxy groups -OCH3 is 1. The second kappa shape index (κ2) is 10.2. The van der Waals surface area contributed by atoms with Crippen LogP contribution in [0.5, 0.6) is 0 Å². The molecule has 1 fully saturated rings. The van der Waals surface area contributed by atoms with Crippen LogP contribution in [0.25, 0.3) is 0 Å². The molecule has 2 aliphatic carbocycles. The van der Waals surface area contributed by atoms with E-state index in [1.165, 1.54) is 0 Å². The molecule has 0 saturated heterocycles. The molecular formula is C23H26F6N2O2. The van der Waals surface area contributed by atoms with Gasteiger partial charge in [0.05, 0.1) is 18.6 Å². The van der Waals surface area contributed by atoms with E-state index in [0.717, 1.165) is 31.9 Å². The zero-order chi connectivity index (χ0) is 24.2. The number of allylic oxidation sites excluding steroid dienone is 3. The van der Waals surface area contributed by atoms with Crippen molar-refractivity contribution >= 4 is 5.91 Å². The quantitative estimate of drug-likeness (QED) is 0.567. The zero-order valence-electron chi connectivity index (χ0n) is 18.0. The van der Waals surface area contributed by atoms with E-state index in [-0.39, 0.29) is 12.1 Å². The van der Waals surface area contributed by atoms with Crippen LogP contribution in [0.2, 0.25) is 0 Å². The highest BCUT2D eigenvalue weighted by Crippen LogP contribution is 2.44. The number of carbonyl (C=O) groups excluding carboxylic acids is 1. The number of benzene rings is 1. The number of hydrogen-bond donors (Lipinski definition) is 2. The summed E-state index contributed by atoms with van der Waals surface area (Å²) in [7, 11) is 0.962. The molecule has 0 heterocycles. The highest BCUT2D eigenvalue weighted by molar-refractivity contribution is 5.83. The summed E-state index contributed by atoms with van der Waals surface area (Å²) >= 11 is 0. The molecule has 0 aromatic heterocycles. The Morgan fingerprint density at radius 2 is 1.67 bits per heavy atom. The van der Waals surface area contributed by atoms with E-state index >= 15 is 0 Å². The number of alkyl halides is 6. The molecular weight excluding hydrogens is 450 g/mol. The van der Waals surface area contributed by atoms with E-state index in [1.807, 2.05) is 30.3 Å². The summed E-state index contributed by atoms with van der Waals surface area (Å²) in [5, 5.41) is 6.01. The average molecular weight is 476 g/mol. The molecule has 1 amide bonds. The van der Waals surface area contributed by atoms with Gasteiger partial charge in [0.1, 0.15) is 11.7 Å². The second-order valence-corrected chi connectivity index (χ2v) is 8.29. The van der Waals surface area contributed by atoms with Crippen molar-refractivity contribution in [1.82, 2.24) is 10.6 Å². The first-order chi connectivity index (χ1) is 15.5. The predicted molar refractivity (Wildman–Crippen MR) is 110 cm³/mol. The Bertz CT molecular complexity index is 879. The Labute approximate surface area is 188 Å². The lowest BCUT2D eigenvalue weighted by Crippen LogP contribution is -2.54. The summed E-state index contributed by atoms with van der Waals surface area (Å²) in [6.07, 6.45) is -6.56. The number of carbonyl (C=O) groups is 1. The minimum absolute atomic E-state index is 0.0682. The minimum Gasteiger partial charge on any atom is -0.500 e. The maximum Gasteiger partial charge on any atom is 0.416 e. The lowest BCUT2D eigenvalue weighted by molar-refractivity contribution is -0.180. The van der Waals surface area contributed by atoms with Crippen LogP contribution >= 0.6 is 0 Å². The molecule has 2 N–H and O–H groups in total. The SMILES string of the molecule is COC1=CC(C(F)(F)F)=CC(C(F)(F)F)C1C(=O)N[C@@H]1CCCC[C@@H]1NCc1ccccc1. The Balaban J connectivity index is 1.78. The van der Waals surface area contributed by atoms with Gasteiger partial charge in [-0.1, -0.05) is 49.2 Å². The highest BCUT2D eigenvalue weighted by Gasteiger charge is 2.52. The molecule has 2 aliphatic rings. The third kappa shape index (κ3) is 6.31. The molecule has 2 unspecified atom stereocenters. The molecule has 0 spiro atoms. The van der Waals surface area contributed by atoms with Gasteiger partial charge in [-0.15, -0.1) is 0 Å². The first-order valence-electron chi connectivity index (χ1n) is 10.7. The maximum absolute atomic E-state index is 13.7. The van der Waals surface area contributed by atoms with Crippen molar-refractivity contribution in [2.24, 2.45) is 11.8 Å². The van der Waals surface area contributed by atoms with Crippen molar-refractivity contribution < 1.29 is 35.9 Å². The van der Waals surface area contributed by atoms with E-state index in [4.69, 9.17) is 4.74 Å². The average Bonchev–Trinajstić information content (AvgIpc) is 2.77. The van der Waals surface area contributed by atoms with Gasteiger partial charge >= 0.3 is 12.4 Å². The standard InChI is InChI=1S/C23H26F6N2O2/c1-33-19-12-15(22(24,25)26)11-16(23(27,28)29)20(19)21(32)31-18-10-6-5-9-17(18)30-13-14-7-3-2-4-8-14/h2-4,7-8,11-12,16-18,20,30H,5-6,9-10,13H2,1H3,(H,31,32)/t16?,17-,18+,20?/m0/s1. The van der Waals surface area contributed by atoms with Crippen LogP contribution in [-0.4, -0.2) is 37.5 Å². The number of hydrogen-bond acceptors (Lipinski definition) is 3. The summed E-state index contributed by atoms with van der Waals surface area (Å²) in [5.41, 5.74) is -0.460. The summed E-state index contributed by atoms with van der Waals surface area (Å²) < 4.78 is 85.4. The topological polar surface area (TPSA) is 50.4 Å². The van der Waals surface area contributed by atoms with Gasteiger partial charge in [-0.25, -0.2) is 0 Å². The van der Waals surface area contributed by atoms with Crippen LogP contribution in [0, 0.1) is 11.8 Å². The predicted octanol–water partition coefficient (Wildman–Crippen LogP) is 5.03. The molecule has 0 radical (unpaired) electrons. The number of amides is 1. The first kappa shape index (κ1) is 25.1. The van der Waals surface area contributed by atoms with Crippen LogP contribution in [0.4, 0.5) is 26.3 Å². The molecule has 1 aromatic carbocycles. The first-order valence-corrected chi connectivity index (χ1v) is 10.7. The third-order valence-corrected chi connectivity index (χ3v) is 6.05. The Hall–Kier alpha value is -2.49. The van der Waals surface area contributed by atoms with Crippen molar-refractivity contribution in [3.8, 4) is 0 Å². The molecule has 33 heavy (non-hydrogen) atoms. The van der Waals surface area contributed by atoms with Crippen molar-refractivity contribution in [3.63, 3.8) is 0 Å². The van der Waals surface area contributed by atoms with Crippen LogP contribution in [0.15, 0.2) is 53.8 Å². The van der Waals surface area contributed by atoms with Crippen molar-refractivity contribution in [2.75, 3.05) is 7.11 Å².